The Morgan fingerprint density at radius 1 is 1.06 bits per heavy atom. The first-order valence-electron chi connectivity index (χ1n) is 5.81. The van der Waals surface area contributed by atoms with Crippen LogP contribution in [0.4, 0.5) is 13.2 Å². The van der Waals surface area contributed by atoms with Crippen molar-refractivity contribution in [1.82, 2.24) is 0 Å². The molecule has 5 heteroatoms. The van der Waals surface area contributed by atoms with Gasteiger partial charge in [-0.2, -0.15) is 13.2 Å². The van der Waals surface area contributed by atoms with Gasteiger partial charge in [0.15, 0.2) is 0 Å². The number of ether oxygens (including phenoxy) is 1. The Hall–Kier alpha value is -1.52. The highest BCUT2D eigenvalue weighted by Crippen LogP contribution is 2.31. The Kier molecular flexibility index (Phi) is 3.59. The summed E-state index contributed by atoms with van der Waals surface area (Å²) in [5.74, 6) is 0.643. The van der Waals surface area contributed by atoms with E-state index in [4.69, 9.17) is 4.74 Å². The molecule has 1 fully saturated rings. The summed E-state index contributed by atoms with van der Waals surface area (Å²) in [5, 5.41) is 0. The predicted octanol–water partition coefficient (Wildman–Crippen LogP) is 3.60. The number of ketones is 1. The van der Waals surface area contributed by atoms with Gasteiger partial charge in [0.05, 0.1) is 11.7 Å². The van der Waals surface area contributed by atoms with Crippen LogP contribution in [0.5, 0.6) is 5.75 Å². The molecule has 0 saturated heterocycles. The summed E-state index contributed by atoms with van der Waals surface area (Å²) in [7, 11) is 0. The van der Waals surface area contributed by atoms with Crippen molar-refractivity contribution < 1.29 is 22.7 Å². The third-order valence-corrected chi connectivity index (χ3v) is 2.97. The van der Waals surface area contributed by atoms with Crippen molar-refractivity contribution >= 4 is 5.78 Å². The number of carbonyl (C=O) groups excluding carboxylic acids is 1. The fraction of sp³-hybridized carbons (Fsp3) is 0.462. The van der Waals surface area contributed by atoms with Crippen molar-refractivity contribution in [2.24, 2.45) is 0 Å². The van der Waals surface area contributed by atoms with Crippen LogP contribution in [0, 0.1) is 0 Å². The van der Waals surface area contributed by atoms with E-state index in [1.807, 2.05) is 0 Å². The van der Waals surface area contributed by atoms with E-state index in [0.717, 1.165) is 12.1 Å². The lowest BCUT2D eigenvalue weighted by Crippen LogP contribution is -2.23. The summed E-state index contributed by atoms with van der Waals surface area (Å²) in [5.41, 5.74) is -0.686. The molecule has 0 spiro atoms. The maximum Gasteiger partial charge on any atom is 0.416 e. The van der Waals surface area contributed by atoms with E-state index in [1.54, 1.807) is 0 Å². The topological polar surface area (TPSA) is 26.3 Å². The number of halogens is 3. The smallest absolute Gasteiger partial charge is 0.416 e. The van der Waals surface area contributed by atoms with Crippen molar-refractivity contribution in [3.8, 4) is 5.75 Å². The maximum absolute atomic E-state index is 12.3. The minimum atomic E-state index is -4.32. The van der Waals surface area contributed by atoms with Gasteiger partial charge in [-0.05, 0) is 37.1 Å². The van der Waals surface area contributed by atoms with Gasteiger partial charge in [0.25, 0.3) is 0 Å². The SMILES string of the molecule is O=C1CCC(Oc2ccc(C(F)(F)F)cc2)CC1. The van der Waals surface area contributed by atoms with Gasteiger partial charge in [0.2, 0.25) is 0 Å². The molecule has 1 aromatic rings. The average molecular weight is 258 g/mol. The molecular formula is C13H13F3O2. The predicted molar refractivity (Wildman–Crippen MR) is 59.3 cm³/mol. The molecule has 98 valence electrons. The minimum Gasteiger partial charge on any atom is -0.490 e. The summed E-state index contributed by atoms with van der Waals surface area (Å²) < 4.78 is 42.6. The molecule has 0 atom stereocenters. The van der Waals surface area contributed by atoms with Gasteiger partial charge >= 0.3 is 6.18 Å². The third-order valence-electron chi connectivity index (χ3n) is 2.97. The molecular weight excluding hydrogens is 245 g/mol. The van der Waals surface area contributed by atoms with Crippen LogP contribution >= 0.6 is 0 Å². The number of Topliss-reactive ketones (excluding diaryl/α,β-unsaturated/α-hetero) is 1. The van der Waals surface area contributed by atoms with E-state index >= 15 is 0 Å². The van der Waals surface area contributed by atoms with Crippen molar-refractivity contribution in [3.05, 3.63) is 29.8 Å². The summed E-state index contributed by atoms with van der Waals surface area (Å²) in [6, 6.07) is 4.64. The van der Waals surface area contributed by atoms with Crippen molar-refractivity contribution in [2.75, 3.05) is 0 Å². The van der Waals surface area contributed by atoms with Gasteiger partial charge in [-0.1, -0.05) is 0 Å². The van der Waals surface area contributed by atoms with Crippen LogP contribution in [0.15, 0.2) is 24.3 Å². The second kappa shape index (κ2) is 5.00. The van der Waals surface area contributed by atoms with Crippen LogP contribution in [0.3, 0.4) is 0 Å². The molecule has 1 aliphatic rings. The zero-order valence-corrected chi connectivity index (χ0v) is 9.67. The molecule has 18 heavy (non-hydrogen) atoms. The van der Waals surface area contributed by atoms with E-state index in [0.29, 0.717) is 31.4 Å². The van der Waals surface area contributed by atoms with E-state index in [1.165, 1.54) is 12.1 Å². The lowest BCUT2D eigenvalue weighted by atomic mass is 9.96. The Morgan fingerprint density at radius 2 is 1.61 bits per heavy atom. The first-order chi connectivity index (χ1) is 8.45. The van der Waals surface area contributed by atoms with Crippen LogP contribution in [0.25, 0.3) is 0 Å². The number of carbonyl (C=O) groups is 1. The number of hydrogen-bond donors (Lipinski definition) is 0. The second-order valence-corrected chi connectivity index (χ2v) is 4.38. The lowest BCUT2D eigenvalue weighted by Gasteiger charge is -2.22. The minimum absolute atomic E-state index is 0.0700. The van der Waals surface area contributed by atoms with Crippen molar-refractivity contribution in [2.45, 2.75) is 38.0 Å². The molecule has 2 nitrogen and oxygen atoms in total. The van der Waals surface area contributed by atoms with Gasteiger partial charge in [0.1, 0.15) is 11.5 Å². The Bertz CT molecular complexity index is 413. The average Bonchev–Trinajstić information content (AvgIpc) is 2.32. The van der Waals surface area contributed by atoms with Crippen LogP contribution < -0.4 is 4.74 Å². The van der Waals surface area contributed by atoms with Gasteiger partial charge in [-0.15, -0.1) is 0 Å². The monoisotopic (exact) mass is 258 g/mol. The van der Waals surface area contributed by atoms with Gasteiger partial charge in [-0.25, -0.2) is 0 Å². The van der Waals surface area contributed by atoms with Crippen molar-refractivity contribution in [1.29, 1.82) is 0 Å². The molecule has 0 amide bonds. The Balaban J connectivity index is 1.96. The standard InChI is InChI=1S/C13H13F3O2/c14-13(15,16)9-1-5-11(6-2-9)18-12-7-3-10(17)4-8-12/h1-2,5-6,12H,3-4,7-8H2. The van der Waals surface area contributed by atoms with Crippen LogP contribution in [-0.4, -0.2) is 11.9 Å². The fourth-order valence-corrected chi connectivity index (χ4v) is 1.95. The Labute approximate surface area is 103 Å². The normalized spacial score (nSPS) is 17.8. The van der Waals surface area contributed by atoms with E-state index in [9.17, 15) is 18.0 Å². The highest BCUT2D eigenvalue weighted by molar-refractivity contribution is 5.79. The molecule has 0 aliphatic heterocycles. The van der Waals surface area contributed by atoms with E-state index in [-0.39, 0.29) is 11.9 Å². The van der Waals surface area contributed by atoms with Gasteiger partial charge < -0.3 is 4.74 Å². The second-order valence-electron chi connectivity index (χ2n) is 4.38. The van der Waals surface area contributed by atoms with E-state index < -0.39 is 11.7 Å². The summed E-state index contributed by atoms with van der Waals surface area (Å²) >= 11 is 0. The molecule has 0 aromatic heterocycles. The zero-order valence-electron chi connectivity index (χ0n) is 9.67. The third kappa shape index (κ3) is 3.24. The summed E-state index contributed by atoms with van der Waals surface area (Å²) in [4.78, 5) is 11.0. The van der Waals surface area contributed by atoms with Gasteiger partial charge in [-0.3, -0.25) is 4.79 Å². The van der Waals surface area contributed by atoms with E-state index in [2.05, 4.69) is 0 Å². The first-order valence-corrected chi connectivity index (χ1v) is 5.81. The lowest BCUT2D eigenvalue weighted by molar-refractivity contribution is -0.137. The molecule has 0 N–H and O–H groups in total. The maximum atomic E-state index is 12.3. The molecule has 1 saturated carbocycles. The first kappa shape index (κ1) is 12.9. The fourth-order valence-electron chi connectivity index (χ4n) is 1.95. The number of rotatable bonds is 2. The molecule has 0 unspecified atom stereocenters. The molecule has 0 heterocycles. The van der Waals surface area contributed by atoms with Crippen molar-refractivity contribution in [3.63, 3.8) is 0 Å². The highest BCUT2D eigenvalue weighted by Gasteiger charge is 2.30. The number of alkyl halides is 3. The Morgan fingerprint density at radius 3 is 2.11 bits per heavy atom. The molecule has 1 aliphatic carbocycles. The molecule has 1 aromatic carbocycles. The van der Waals surface area contributed by atoms with Crippen LogP contribution in [-0.2, 0) is 11.0 Å². The molecule has 0 radical (unpaired) electrons. The zero-order chi connectivity index (χ0) is 13.2. The number of hydrogen-bond acceptors (Lipinski definition) is 2. The quantitative estimate of drug-likeness (QED) is 0.810. The van der Waals surface area contributed by atoms with Crippen LogP contribution in [0.1, 0.15) is 31.2 Å². The number of benzene rings is 1. The van der Waals surface area contributed by atoms with Gasteiger partial charge in [0, 0.05) is 12.8 Å². The largest absolute Gasteiger partial charge is 0.490 e. The summed E-state index contributed by atoms with van der Waals surface area (Å²) in [6.45, 7) is 0. The molecule has 2 rings (SSSR count). The summed E-state index contributed by atoms with van der Waals surface area (Å²) in [6.07, 6.45) is -2.13. The highest BCUT2D eigenvalue weighted by atomic mass is 19.4. The molecule has 0 bridgehead atoms. The van der Waals surface area contributed by atoms with Crippen LogP contribution in [0.2, 0.25) is 0 Å².